The summed E-state index contributed by atoms with van der Waals surface area (Å²) in [7, 11) is 0. The van der Waals surface area contributed by atoms with E-state index in [1.807, 2.05) is 6.07 Å². The zero-order valence-electron chi connectivity index (χ0n) is 14.1. The van der Waals surface area contributed by atoms with Gasteiger partial charge in [-0.05, 0) is 48.0 Å². The lowest BCUT2D eigenvalue weighted by atomic mass is 10.2. The number of halogens is 1. The van der Waals surface area contributed by atoms with Crippen LogP contribution in [0.5, 0.6) is 5.75 Å². The number of nitrogens with zero attached hydrogens (tertiary/aromatic N) is 1. The topological polar surface area (TPSA) is 63.3 Å². The summed E-state index contributed by atoms with van der Waals surface area (Å²) in [5.74, 6) is -0.0391. The summed E-state index contributed by atoms with van der Waals surface area (Å²) in [5.41, 5.74) is 1.25. The van der Waals surface area contributed by atoms with Crippen LogP contribution in [0.1, 0.15) is 5.56 Å². The molecule has 0 spiro atoms. The van der Waals surface area contributed by atoms with E-state index in [9.17, 15) is 14.3 Å². The number of hydrogen-bond acceptors (Lipinski definition) is 5. The minimum atomic E-state index is -0.499. The quantitative estimate of drug-likeness (QED) is 0.506. The van der Waals surface area contributed by atoms with Gasteiger partial charge in [-0.25, -0.2) is 4.39 Å². The van der Waals surface area contributed by atoms with E-state index < -0.39 is 11.2 Å². The van der Waals surface area contributed by atoms with Gasteiger partial charge in [0.2, 0.25) is 11.2 Å². The molecule has 2 aromatic heterocycles. The lowest BCUT2D eigenvalue weighted by Gasteiger charge is -2.07. The first-order chi connectivity index (χ1) is 13.1. The van der Waals surface area contributed by atoms with Crippen molar-refractivity contribution in [2.45, 2.75) is 10.6 Å². The zero-order chi connectivity index (χ0) is 18.8. The second-order valence-corrected chi connectivity index (χ2v) is 6.95. The summed E-state index contributed by atoms with van der Waals surface area (Å²) in [5, 5.41) is 10.6. The van der Waals surface area contributed by atoms with Gasteiger partial charge >= 0.3 is 0 Å². The first-order valence-electron chi connectivity index (χ1n) is 8.20. The van der Waals surface area contributed by atoms with Crippen LogP contribution in [-0.4, -0.2) is 10.1 Å². The molecule has 0 unspecified atom stereocenters. The number of aromatic nitrogens is 1. The van der Waals surface area contributed by atoms with E-state index in [0.29, 0.717) is 22.4 Å². The van der Waals surface area contributed by atoms with Gasteiger partial charge in [0.15, 0.2) is 5.76 Å². The largest absolute Gasteiger partial charge is 0.501 e. The first-order valence-corrected chi connectivity index (χ1v) is 9.19. The molecule has 4 aromatic rings. The maximum absolute atomic E-state index is 13.0. The number of fused-ring (bicyclic) bond motifs is 1. The van der Waals surface area contributed by atoms with Gasteiger partial charge in [-0.15, -0.1) is 11.8 Å². The summed E-state index contributed by atoms with van der Waals surface area (Å²) in [6.45, 7) is 0. The minimum Gasteiger partial charge on any atom is -0.501 e. The van der Waals surface area contributed by atoms with Crippen LogP contribution in [0.4, 0.5) is 4.39 Å². The Morgan fingerprint density at radius 3 is 2.63 bits per heavy atom. The number of hydrogen-bond donors (Lipinski definition) is 1. The van der Waals surface area contributed by atoms with Crippen molar-refractivity contribution in [1.82, 2.24) is 4.98 Å². The normalized spacial score (nSPS) is 11.0. The Morgan fingerprint density at radius 2 is 1.89 bits per heavy atom. The van der Waals surface area contributed by atoms with E-state index in [0.717, 1.165) is 10.5 Å². The van der Waals surface area contributed by atoms with Crippen molar-refractivity contribution >= 4 is 22.7 Å². The highest BCUT2D eigenvalue weighted by Gasteiger charge is 2.16. The number of pyridine rings is 1. The van der Waals surface area contributed by atoms with Crippen molar-refractivity contribution in [1.29, 1.82) is 0 Å². The van der Waals surface area contributed by atoms with Gasteiger partial charge in [0.25, 0.3) is 0 Å². The van der Waals surface area contributed by atoms with E-state index >= 15 is 0 Å². The first kappa shape index (κ1) is 17.3. The summed E-state index contributed by atoms with van der Waals surface area (Å²) in [6, 6.07) is 16.7. The molecular formula is C21H14FNO3S. The molecule has 27 heavy (non-hydrogen) atoms. The monoisotopic (exact) mass is 379 g/mol. The SMILES string of the molecule is O=c1c(O)c(-c2ccccn2)oc2ccc(SCc3ccc(F)cc3)cc12. The highest BCUT2D eigenvalue weighted by molar-refractivity contribution is 7.98. The van der Waals surface area contributed by atoms with Crippen LogP contribution in [-0.2, 0) is 5.75 Å². The van der Waals surface area contributed by atoms with E-state index in [4.69, 9.17) is 4.42 Å². The fraction of sp³-hybridized carbons (Fsp3) is 0.0476. The van der Waals surface area contributed by atoms with Crippen molar-refractivity contribution in [2.75, 3.05) is 0 Å². The summed E-state index contributed by atoms with van der Waals surface area (Å²) >= 11 is 1.51. The number of aromatic hydroxyl groups is 1. The van der Waals surface area contributed by atoms with Crippen LogP contribution in [0.3, 0.4) is 0 Å². The maximum atomic E-state index is 13.0. The predicted molar refractivity (Wildman–Crippen MR) is 103 cm³/mol. The average Bonchev–Trinajstić information content (AvgIpc) is 2.71. The predicted octanol–water partition coefficient (Wildman–Crippen LogP) is 4.99. The third kappa shape index (κ3) is 3.57. The lowest BCUT2D eigenvalue weighted by Crippen LogP contribution is -2.03. The molecule has 0 fully saturated rings. The molecule has 0 aliphatic carbocycles. The van der Waals surface area contributed by atoms with Crippen LogP contribution in [0, 0.1) is 5.82 Å². The maximum Gasteiger partial charge on any atom is 0.235 e. The standard InChI is InChI=1S/C21H14FNO3S/c22-14-6-4-13(5-7-14)12-27-15-8-9-18-16(11-15)19(24)20(25)21(26-18)17-3-1-2-10-23-17/h1-11,25H,12H2. The number of thioether (sulfide) groups is 1. The Balaban J connectivity index is 1.67. The van der Waals surface area contributed by atoms with Gasteiger partial charge in [0.05, 0.1) is 5.39 Å². The van der Waals surface area contributed by atoms with Crippen LogP contribution < -0.4 is 5.43 Å². The molecule has 6 heteroatoms. The lowest BCUT2D eigenvalue weighted by molar-refractivity contribution is 0.448. The summed E-state index contributed by atoms with van der Waals surface area (Å²) < 4.78 is 18.7. The molecule has 0 bridgehead atoms. The van der Waals surface area contributed by atoms with E-state index in [1.54, 1.807) is 48.7 Å². The molecule has 134 valence electrons. The third-order valence-corrected chi connectivity index (χ3v) is 5.12. The Labute approximate surface area is 158 Å². The molecular weight excluding hydrogens is 365 g/mol. The molecule has 0 saturated heterocycles. The molecule has 2 heterocycles. The molecule has 4 rings (SSSR count). The van der Waals surface area contributed by atoms with Crippen molar-refractivity contribution < 1.29 is 13.9 Å². The van der Waals surface area contributed by atoms with Crippen molar-refractivity contribution in [3.63, 3.8) is 0 Å². The molecule has 4 nitrogen and oxygen atoms in total. The van der Waals surface area contributed by atoms with Gasteiger partial charge in [-0.3, -0.25) is 9.78 Å². The minimum absolute atomic E-state index is 0.0554. The van der Waals surface area contributed by atoms with Crippen LogP contribution >= 0.6 is 11.8 Å². The fourth-order valence-corrected chi connectivity index (χ4v) is 3.56. The molecule has 0 aliphatic heterocycles. The van der Waals surface area contributed by atoms with Gasteiger partial charge in [-0.1, -0.05) is 18.2 Å². The van der Waals surface area contributed by atoms with Crippen LogP contribution in [0.15, 0.2) is 81.0 Å². The molecule has 1 N–H and O–H groups in total. The van der Waals surface area contributed by atoms with Crippen molar-refractivity contribution in [2.24, 2.45) is 0 Å². The summed E-state index contributed by atoms with van der Waals surface area (Å²) in [6.07, 6.45) is 1.56. The molecule has 0 atom stereocenters. The number of rotatable bonds is 4. The Morgan fingerprint density at radius 1 is 1.07 bits per heavy atom. The average molecular weight is 379 g/mol. The van der Waals surface area contributed by atoms with Gasteiger partial charge in [-0.2, -0.15) is 0 Å². The molecule has 2 aromatic carbocycles. The zero-order valence-corrected chi connectivity index (χ0v) is 14.9. The van der Waals surface area contributed by atoms with E-state index in [-0.39, 0.29) is 11.6 Å². The van der Waals surface area contributed by atoms with Crippen LogP contribution in [0.25, 0.3) is 22.4 Å². The Kier molecular flexibility index (Phi) is 4.64. The summed E-state index contributed by atoms with van der Waals surface area (Å²) in [4.78, 5) is 17.6. The molecule has 0 amide bonds. The molecule has 0 saturated carbocycles. The van der Waals surface area contributed by atoms with Crippen LogP contribution in [0.2, 0.25) is 0 Å². The van der Waals surface area contributed by atoms with Crippen molar-refractivity contribution in [3.8, 4) is 17.2 Å². The van der Waals surface area contributed by atoms with E-state index in [1.165, 1.54) is 23.9 Å². The second kappa shape index (κ2) is 7.25. The Bertz CT molecular complexity index is 1160. The highest BCUT2D eigenvalue weighted by atomic mass is 32.2. The highest BCUT2D eigenvalue weighted by Crippen LogP contribution is 2.31. The van der Waals surface area contributed by atoms with Gasteiger partial charge < -0.3 is 9.52 Å². The Hall–Kier alpha value is -3.12. The van der Waals surface area contributed by atoms with Gasteiger partial charge in [0.1, 0.15) is 17.1 Å². The molecule has 0 radical (unpaired) electrons. The fourth-order valence-electron chi connectivity index (χ4n) is 2.67. The van der Waals surface area contributed by atoms with Gasteiger partial charge in [0, 0.05) is 16.8 Å². The molecule has 0 aliphatic rings. The van der Waals surface area contributed by atoms with E-state index in [2.05, 4.69) is 4.98 Å². The third-order valence-electron chi connectivity index (χ3n) is 4.05. The second-order valence-electron chi connectivity index (χ2n) is 5.90. The van der Waals surface area contributed by atoms with Crippen molar-refractivity contribution in [3.05, 3.63) is 88.5 Å². The smallest absolute Gasteiger partial charge is 0.235 e. The number of benzene rings is 2.